The molecule has 1 aliphatic rings. The second-order valence-electron chi connectivity index (χ2n) is 3.14. The smallest absolute Gasteiger partial charge is 0.0574 e. The Labute approximate surface area is 66.6 Å². The van der Waals surface area contributed by atoms with Crippen LogP contribution < -0.4 is 0 Å². The molecular formula is C8H17OSi. The summed E-state index contributed by atoms with van der Waals surface area (Å²) in [6.07, 6.45) is 6.87. The molecule has 0 spiro atoms. The summed E-state index contributed by atoms with van der Waals surface area (Å²) in [5.74, 6) is 0. The zero-order valence-electron chi connectivity index (χ0n) is 6.81. The first kappa shape index (κ1) is 8.28. The van der Waals surface area contributed by atoms with Crippen LogP contribution in [-0.2, 0) is 4.74 Å². The van der Waals surface area contributed by atoms with Crippen molar-refractivity contribution in [2.75, 3.05) is 0 Å². The van der Waals surface area contributed by atoms with E-state index in [2.05, 4.69) is 6.92 Å². The van der Waals surface area contributed by atoms with Gasteiger partial charge in [0, 0.05) is 16.0 Å². The molecule has 1 aliphatic carbocycles. The zero-order valence-corrected chi connectivity index (χ0v) is 8.81. The third-order valence-corrected chi connectivity index (χ3v) is 2.98. The van der Waals surface area contributed by atoms with Crippen molar-refractivity contribution in [3.05, 3.63) is 6.92 Å². The van der Waals surface area contributed by atoms with Crippen LogP contribution in [0.5, 0.6) is 0 Å². The third kappa shape index (κ3) is 2.43. The normalized spacial score (nSPS) is 23.7. The first-order valence-electron chi connectivity index (χ1n) is 4.27. The van der Waals surface area contributed by atoms with Gasteiger partial charge in [-0.2, -0.15) is 0 Å². The monoisotopic (exact) mass is 157 g/mol. The Balaban J connectivity index is 2.11. The van der Waals surface area contributed by atoms with Crippen LogP contribution in [0, 0.1) is 6.92 Å². The Morgan fingerprint density at radius 3 is 2.60 bits per heavy atom. The van der Waals surface area contributed by atoms with Gasteiger partial charge in [0.05, 0.1) is 6.10 Å². The lowest BCUT2D eigenvalue weighted by Gasteiger charge is -2.16. The van der Waals surface area contributed by atoms with E-state index < -0.39 is 0 Å². The predicted molar refractivity (Wildman–Crippen MR) is 47.0 cm³/mol. The van der Waals surface area contributed by atoms with Gasteiger partial charge in [-0.15, -0.1) is 0 Å². The first-order chi connectivity index (χ1) is 4.83. The van der Waals surface area contributed by atoms with E-state index in [1.165, 1.54) is 25.7 Å². The van der Waals surface area contributed by atoms with Crippen LogP contribution in [0.1, 0.15) is 32.1 Å². The number of ether oxygens (including phenoxy) is 1. The van der Waals surface area contributed by atoms with Gasteiger partial charge in [-0.05, 0) is 19.3 Å². The summed E-state index contributed by atoms with van der Waals surface area (Å²) >= 11 is 0. The van der Waals surface area contributed by atoms with E-state index in [9.17, 15) is 0 Å². The lowest BCUT2D eigenvalue weighted by molar-refractivity contribution is 0.0369. The highest BCUT2D eigenvalue weighted by Crippen LogP contribution is 2.21. The van der Waals surface area contributed by atoms with Crippen molar-refractivity contribution < 1.29 is 4.74 Å². The van der Waals surface area contributed by atoms with Crippen LogP contribution >= 0.6 is 0 Å². The summed E-state index contributed by atoms with van der Waals surface area (Å²) < 4.78 is 5.76. The largest absolute Gasteiger partial charge is 0.379 e. The Kier molecular flexibility index (Phi) is 3.42. The molecule has 1 rings (SSSR count). The lowest BCUT2D eigenvalue weighted by Crippen LogP contribution is -2.19. The van der Waals surface area contributed by atoms with Gasteiger partial charge in [-0.25, -0.2) is 0 Å². The molecule has 2 heteroatoms. The van der Waals surface area contributed by atoms with Crippen molar-refractivity contribution in [2.24, 2.45) is 0 Å². The highest BCUT2D eigenvalue weighted by Gasteiger charge is 2.16. The quantitative estimate of drug-likeness (QED) is 0.552. The minimum Gasteiger partial charge on any atom is -0.379 e. The molecule has 0 bridgehead atoms. The van der Waals surface area contributed by atoms with Gasteiger partial charge in [0.25, 0.3) is 0 Å². The standard InChI is InChI=1S/C8H17OSi/c1-2-8(10)9-7-5-3-4-6-7/h7-8H,1-6H2,10H3. The van der Waals surface area contributed by atoms with E-state index in [0.29, 0.717) is 11.8 Å². The second kappa shape index (κ2) is 4.14. The van der Waals surface area contributed by atoms with Crippen molar-refractivity contribution in [1.82, 2.24) is 0 Å². The molecule has 0 saturated heterocycles. The van der Waals surface area contributed by atoms with Crippen LogP contribution in [-0.4, -0.2) is 22.1 Å². The van der Waals surface area contributed by atoms with Gasteiger partial charge in [-0.1, -0.05) is 19.8 Å². The molecule has 1 atom stereocenters. The highest BCUT2D eigenvalue weighted by atomic mass is 28.1. The minimum absolute atomic E-state index is 0.503. The molecule has 1 fully saturated rings. The van der Waals surface area contributed by atoms with Crippen molar-refractivity contribution >= 4 is 10.2 Å². The fourth-order valence-electron chi connectivity index (χ4n) is 1.42. The molecule has 1 unspecified atom stereocenters. The van der Waals surface area contributed by atoms with Gasteiger partial charge < -0.3 is 4.74 Å². The predicted octanol–water partition coefficient (Wildman–Crippen LogP) is 0.861. The Hall–Kier alpha value is 0.177. The van der Waals surface area contributed by atoms with Gasteiger partial charge in [0.2, 0.25) is 0 Å². The fraction of sp³-hybridized carbons (Fsp3) is 0.875. The van der Waals surface area contributed by atoms with Crippen LogP contribution in [0.3, 0.4) is 0 Å². The Morgan fingerprint density at radius 2 is 2.10 bits per heavy atom. The summed E-state index contributed by atoms with van der Waals surface area (Å²) in [7, 11) is 1.14. The second-order valence-corrected chi connectivity index (χ2v) is 4.43. The van der Waals surface area contributed by atoms with E-state index >= 15 is 0 Å². The molecule has 1 saturated carbocycles. The average Bonchev–Trinajstić information content (AvgIpc) is 2.40. The lowest BCUT2D eigenvalue weighted by atomic mass is 10.3. The summed E-state index contributed by atoms with van der Waals surface area (Å²) in [6.45, 7) is 3.84. The van der Waals surface area contributed by atoms with Crippen molar-refractivity contribution in [3.63, 3.8) is 0 Å². The molecule has 59 valence electrons. The molecule has 0 aliphatic heterocycles. The number of hydrogen-bond donors (Lipinski definition) is 0. The molecule has 0 amide bonds. The summed E-state index contributed by atoms with van der Waals surface area (Å²) in [6, 6.07) is 0. The van der Waals surface area contributed by atoms with E-state index in [0.717, 1.165) is 16.7 Å². The van der Waals surface area contributed by atoms with Crippen molar-refractivity contribution in [1.29, 1.82) is 0 Å². The molecule has 0 aromatic heterocycles. The fourth-order valence-corrected chi connectivity index (χ4v) is 1.81. The van der Waals surface area contributed by atoms with E-state index in [1.807, 2.05) is 0 Å². The number of rotatable bonds is 3. The van der Waals surface area contributed by atoms with Gasteiger partial charge >= 0.3 is 0 Å². The van der Waals surface area contributed by atoms with E-state index in [-0.39, 0.29) is 0 Å². The molecule has 0 N–H and O–H groups in total. The van der Waals surface area contributed by atoms with Crippen LogP contribution in [0.2, 0.25) is 0 Å². The van der Waals surface area contributed by atoms with Crippen LogP contribution in [0.25, 0.3) is 0 Å². The van der Waals surface area contributed by atoms with Crippen LogP contribution in [0.15, 0.2) is 0 Å². The van der Waals surface area contributed by atoms with E-state index in [4.69, 9.17) is 4.74 Å². The SMILES string of the molecule is [CH2]CC([SiH3])OC1CCCC1. The topological polar surface area (TPSA) is 9.23 Å². The summed E-state index contributed by atoms with van der Waals surface area (Å²) in [5, 5.41) is 0. The average molecular weight is 157 g/mol. The minimum atomic E-state index is 0.503. The van der Waals surface area contributed by atoms with Crippen LogP contribution in [0.4, 0.5) is 0 Å². The highest BCUT2D eigenvalue weighted by molar-refractivity contribution is 6.11. The third-order valence-electron chi connectivity index (χ3n) is 2.13. The maximum absolute atomic E-state index is 5.76. The molecule has 1 radical (unpaired) electrons. The zero-order chi connectivity index (χ0) is 7.40. The summed E-state index contributed by atoms with van der Waals surface area (Å²) in [5.41, 5.74) is 0.503. The maximum Gasteiger partial charge on any atom is 0.0574 e. The Morgan fingerprint density at radius 1 is 1.50 bits per heavy atom. The molecule has 0 aromatic carbocycles. The molecule has 1 nitrogen and oxygen atoms in total. The number of hydrogen-bond acceptors (Lipinski definition) is 1. The Bertz CT molecular complexity index is 89.3. The first-order valence-corrected chi connectivity index (χ1v) is 5.43. The van der Waals surface area contributed by atoms with Gasteiger partial charge in [0.15, 0.2) is 0 Å². The summed E-state index contributed by atoms with van der Waals surface area (Å²) in [4.78, 5) is 0. The van der Waals surface area contributed by atoms with Gasteiger partial charge in [-0.3, -0.25) is 0 Å². The maximum atomic E-state index is 5.76. The molecule has 0 aromatic rings. The molecular weight excluding hydrogens is 140 g/mol. The van der Waals surface area contributed by atoms with E-state index in [1.54, 1.807) is 0 Å². The molecule has 10 heavy (non-hydrogen) atoms. The van der Waals surface area contributed by atoms with Crippen molar-refractivity contribution in [3.8, 4) is 0 Å². The van der Waals surface area contributed by atoms with Crippen molar-refractivity contribution in [2.45, 2.75) is 43.9 Å². The molecule has 0 heterocycles. The van der Waals surface area contributed by atoms with Gasteiger partial charge in [0.1, 0.15) is 0 Å².